The minimum Gasteiger partial charge on any atom is -0.357 e. The lowest BCUT2D eigenvalue weighted by Crippen LogP contribution is -2.43. The second-order valence-corrected chi connectivity index (χ2v) is 7.93. The molecule has 0 fully saturated rings. The number of aryl methyl sites for hydroxylation is 2. The van der Waals surface area contributed by atoms with E-state index in [9.17, 15) is 4.79 Å². The zero-order chi connectivity index (χ0) is 22.3. The van der Waals surface area contributed by atoms with E-state index in [0.717, 1.165) is 36.6 Å². The molecule has 2 N–H and O–H groups in total. The molecular formula is C23H37IN6O. The summed E-state index contributed by atoms with van der Waals surface area (Å²) in [6, 6.07) is 8.00. The molecule has 1 atom stereocenters. The lowest BCUT2D eigenvalue weighted by Gasteiger charge is -2.18. The summed E-state index contributed by atoms with van der Waals surface area (Å²) in [5.41, 5.74) is 5.39. The Balaban J connectivity index is 0.00000480. The lowest BCUT2D eigenvalue weighted by molar-refractivity contribution is 0.0827. The summed E-state index contributed by atoms with van der Waals surface area (Å²) in [4.78, 5) is 18.5. The zero-order valence-corrected chi connectivity index (χ0v) is 22.2. The van der Waals surface area contributed by atoms with Gasteiger partial charge in [-0.25, -0.2) is 0 Å². The van der Waals surface area contributed by atoms with Crippen LogP contribution in [0.2, 0.25) is 0 Å². The number of benzene rings is 1. The molecular weight excluding hydrogens is 503 g/mol. The van der Waals surface area contributed by atoms with Crippen molar-refractivity contribution in [3.63, 3.8) is 0 Å². The van der Waals surface area contributed by atoms with Gasteiger partial charge in [-0.1, -0.05) is 12.1 Å². The van der Waals surface area contributed by atoms with Crippen molar-refractivity contribution in [3.05, 3.63) is 52.3 Å². The van der Waals surface area contributed by atoms with Gasteiger partial charge in [0, 0.05) is 51.5 Å². The van der Waals surface area contributed by atoms with E-state index in [1.165, 1.54) is 11.3 Å². The van der Waals surface area contributed by atoms with Crippen LogP contribution in [-0.4, -0.2) is 59.8 Å². The number of nitrogens with one attached hydrogen (secondary N) is 2. The molecule has 0 aliphatic rings. The normalized spacial score (nSPS) is 12.2. The van der Waals surface area contributed by atoms with Gasteiger partial charge in [-0.05, 0) is 63.8 Å². The fraction of sp³-hybridized carbons (Fsp3) is 0.522. The molecule has 2 aromatic rings. The van der Waals surface area contributed by atoms with E-state index in [4.69, 9.17) is 4.99 Å². The van der Waals surface area contributed by atoms with Gasteiger partial charge in [0.2, 0.25) is 0 Å². The number of amides is 1. The SMILES string of the molecule is CCNC(=NCCc1cccc(C(=O)N(C)C)c1)NC(C)Cc1c(C)nn(C)c1C.I. The summed E-state index contributed by atoms with van der Waals surface area (Å²) < 4.78 is 1.94. The molecule has 0 bridgehead atoms. The molecule has 1 heterocycles. The number of guanidine groups is 1. The number of aromatic nitrogens is 2. The highest BCUT2D eigenvalue weighted by Gasteiger charge is 2.14. The van der Waals surface area contributed by atoms with Crippen LogP contribution in [0.1, 0.15) is 46.7 Å². The number of nitrogens with zero attached hydrogens (tertiary/aromatic N) is 4. The quantitative estimate of drug-likeness (QED) is 0.307. The molecule has 0 radical (unpaired) electrons. The third kappa shape index (κ3) is 7.83. The molecule has 1 aromatic carbocycles. The fourth-order valence-electron chi connectivity index (χ4n) is 3.44. The standard InChI is InChI=1S/C23H36N6O.HI/c1-8-24-23(26-16(2)14-21-17(3)27-29(7)18(21)4)25-13-12-19-10-9-11-20(15-19)22(30)28(5)6;/h9-11,15-16H,8,12-14H2,1-7H3,(H2,24,25,26);1H. The molecule has 0 aliphatic carbocycles. The molecule has 0 spiro atoms. The van der Waals surface area contributed by atoms with Crippen LogP contribution in [0.3, 0.4) is 0 Å². The molecule has 1 amide bonds. The Bertz CT molecular complexity index is 890. The monoisotopic (exact) mass is 540 g/mol. The van der Waals surface area contributed by atoms with E-state index in [0.29, 0.717) is 12.1 Å². The minimum absolute atomic E-state index is 0. The maximum absolute atomic E-state index is 12.2. The number of rotatable bonds is 8. The molecule has 2 rings (SSSR count). The first-order valence-corrected chi connectivity index (χ1v) is 10.6. The van der Waals surface area contributed by atoms with Gasteiger partial charge in [-0.15, -0.1) is 24.0 Å². The van der Waals surface area contributed by atoms with Crippen LogP contribution in [-0.2, 0) is 19.9 Å². The van der Waals surface area contributed by atoms with Crippen LogP contribution >= 0.6 is 24.0 Å². The second kappa shape index (κ2) is 12.7. The summed E-state index contributed by atoms with van der Waals surface area (Å²) in [7, 11) is 5.52. The van der Waals surface area contributed by atoms with Gasteiger partial charge in [-0.3, -0.25) is 14.5 Å². The first-order chi connectivity index (χ1) is 14.2. The van der Waals surface area contributed by atoms with Gasteiger partial charge in [0.25, 0.3) is 5.91 Å². The summed E-state index contributed by atoms with van der Waals surface area (Å²) >= 11 is 0. The predicted octanol–water partition coefficient (Wildman–Crippen LogP) is 3.09. The Morgan fingerprint density at radius 2 is 2.00 bits per heavy atom. The maximum atomic E-state index is 12.2. The van der Waals surface area contributed by atoms with Gasteiger partial charge in [0.05, 0.1) is 5.69 Å². The van der Waals surface area contributed by atoms with Crippen LogP contribution < -0.4 is 10.6 Å². The van der Waals surface area contributed by atoms with Crippen molar-refractivity contribution in [1.29, 1.82) is 0 Å². The Morgan fingerprint density at radius 1 is 1.29 bits per heavy atom. The van der Waals surface area contributed by atoms with Crippen LogP contribution in [0.25, 0.3) is 0 Å². The average Bonchev–Trinajstić information content (AvgIpc) is 2.93. The predicted molar refractivity (Wildman–Crippen MR) is 139 cm³/mol. The van der Waals surface area contributed by atoms with E-state index < -0.39 is 0 Å². The molecule has 1 unspecified atom stereocenters. The number of carbonyl (C=O) groups is 1. The largest absolute Gasteiger partial charge is 0.357 e. The molecule has 31 heavy (non-hydrogen) atoms. The Morgan fingerprint density at radius 3 is 2.58 bits per heavy atom. The van der Waals surface area contributed by atoms with Crippen molar-refractivity contribution < 1.29 is 4.79 Å². The Kier molecular flexibility index (Phi) is 11.0. The molecule has 0 saturated carbocycles. The van der Waals surface area contributed by atoms with Crippen molar-refractivity contribution >= 4 is 35.8 Å². The number of carbonyl (C=O) groups excluding carboxylic acids is 1. The fourth-order valence-corrected chi connectivity index (χ4v) is 3.44. The summed E-state index contributed by atoms with van der Waals surface area (Å²) in [6.07, 6.45) is 1.67. The molecule has 1 aromatic heterocycles. The van der Waals surface area contributed by atoms with Crippen molar-refractivity contribution in [2.24, 2.45) is 12.0 Å². The highest BCUT2D eigenvalue weighted by atomic mass is 127. The topological polar surface area (TPSA) is 74.6 Å². The van der Waals surface area contributed by atoms with Gasteiger partial charge in [0.1, 0.15) is 0 Å². The maximum Gasteiger partial charge on any atom is 0.253 e. The molecule has 172 valence electrons. The first-order valence-electron chi connectivity index (χ1n) is 10.6. The second-order valence-electron chi connectivity index (χ2n) is 7.93. The number of hydrogen-bond acceptors (Lipinski definition) is 3. The number of aliphatic imine (C=N–C) groups is 1. The highest BCUT2D eigenvalue weighted by Crippen LogP contribution is 2.14. The van der Waals surface area contributed by atoms with Gasteiger partial charge in [-0.2, -0.15) is 5.10 Å². The highest BCUT2D eigenvalue weighted by molar-refractivity contribution is 14.0. The lowest BCUT2D eigenvalue weighted by atomic mass is 10.1. The molecule has 0 aliphatic heterocycles. The number of hydrogen-bond donors (Lipinski definition) is 2. The average molecular weight is 540 g/mol. The summed E-state index contributed by atoms with van der Waals surface area (Å²) in [6.45, 7) is 9.84. The van der Waals surface area contributed by atoms with E-state index >= 15 is 0 Å². The van der Waals surface area contributed by atoms with Crippen LogP contribution in [0.15, 0.2) is 29.3 Å². The van der Waals surface area contributed by atoms with Crippen molar-refractivity contribution in [2.75, 3.05) is 27.2 Å². The van der Waals surface area contributed by atoms with Crippen molar-refractivity contribution in [1.82, 2.24) is 25.3 Å². The summed E-state index contributed by atoms with van der Waals surface area (Å²) in [5.74, 6) is 0.829. The Labute approximate surface area is 203 Å². The number of halogens is 1. The zero-order valence-electron chi connectivity index (χ0n) is 19.8. The molecule has 7 nitrogen and oxygen atoms in total. The first kappa shape index (κ1) is 26.9. The van der Waals surface area contributed by atoms with E-state index in [1.54, 1.807) is 19.0 Å². The Hall–Kier alpha value is -2.10. The van der Waals surface area contributed by atoms with Crippen LogP contribution in [0.5, 0.6) is 0 Å². The van der Waals surface area contributed by atoms with E-state index in [2.05, 4.69) is 43.4 Å². The van der Waals surface area contributed by atoms with Crippen LogP contribution in [0.4, 0.5) is 0 Å². The minimum atomic E-state index is 0. The van der Waals surface area contributed by atoms with Crippen LogP contribution in [0, 0.1) is 13.8 Å². The third-order valence-electron chi connectivity index (χ3n) is 5.15. The van der Waals surface area contributed by atoms with Crippen molar-refractivity contribution in [2.45, 2.75) is 46.6 Å². The summed E-state index contributed by atoms with van der Waals surface area (Å²) in [5, 5.41) is 11.3. The molecule has 0 saturated heterocycles. The van der Waals surface area contributed by atoms with E-state index in [1.807, 2.05) is 36.0 Å². The smallest absolute Gasteiger partial charge is 0.253 e. The van der Waals surface area contributed by atoms with Crippen molar-refractivity contribution in [3.8, 4) is 0 Å². The van der Waals surface area contributed by atoms with E-state index in [-0.39, 0.29) is 35.9 Å². The van der Waals surface area contributed by atoms with Gasteiger partial charge in [0.15, 0.2) is 5.96 Å². The molecule has 8 heteroatoms. The van der Waals surface area contributed by atoms with Gasteiger partial charge >= 0.3 is 0 Å². The third-order valence-corrected chi connectivity index (χ3v) is 5.15. The van der Waals surface area contributed by atoms with Gasteiger partial charge < -0.3 is 15.5 Å².